The highest BCUT2D eigenvalue weighted by molar-refractivity contribution is 5.98. The number of fused-ring (bicyclic) bond motifs is 1. The summed E-state index contributed by atoms with van der Waals surface area (Å²) in [7, 11) is 0. The van der Waals surface area contributed by atoms with Crippen LogP contribution in [0, 0.1) is 20.8 Å². The molecule has 7 nitrogen and oxygen atoms in total. The van der Waals surface area contributed by atoms with Crippen molar-refractivity contribution < 1.29 is 4.79 Å². The van der Waals surface area contributed by atoms with Crippen LogP contribution in [0.3, 0.4) is 0 Å². The van der Waals surface area contributed by atoms with Crippen molar-refractivity contribution in [2.45, 2.75) is 33.2 Å². The minimum atomic E-state index is -0.189. The second kappa shape index (κ2) is 7.19. The summed E-state index contributed by atoms with van der Waals surface area (Å²) in [6, 6.07) is 9.77. The quantitative estimate of drug-likeness (QED) is 0.511. The van der Waals surface area contributed by atoms with E-state index in [1.165, 1.54) is 10.4 Å². The van der Waals surface area contributed by atoms with E-state index in [4.69, 9.17) is 4.98 Å². The monoisotopic (exact) mass is 412 g/mol. The molecule has 1 amide bonds. The average Bonchev–Trinajstić information content (AvgIpc) is 3.46. The number of H-pyrrole nitrogens is 1. The van der Waals surface area contributed by atoms with Gasteiger partial charge in [-0.05, 0) is 56.5 Å². The number of amides is 1. The molecule has 1 fully saturated rings. The maximum Gasteiger partial charge on any atom is 0.257 e. The summed E-state index contributed by atoms with van der Waals surface area (Å²) >= 11 is 0. The lowest BCUT2D eigenvalue weighted by Gasteiger charge is -2.24. The molecule has 7 heteroatoms. The molecule has 3 heterocycles. The molecule has 1 aliphatic heterocycles. The van der Waals surface area contributed by atoms with E-state index in [1.54, 1.807) is 12.4 Å². The SMILES string of the molecule is C=C1CC(c2nc3c(C)cc(C)cc3[nH]2)N(C(=O)c2cc(C)ccc2-n2nccn2)C1. The zero-order valence-corrected chi connectivity index (χ0v) is 17.9. The van der Waals surface area contributed by atoms with Crippen LogP contribution in [0.4, 0.5) is 0 Å². The first kappa shape index (κ1) is 19.2. The third kappa shape index (κ3) is 3.32. The summed E-state index contributed by atoms with van der Waals surface area (Å²) in [5, 5.41) is 8.45. The molecule has 4 aromatic rings. The van der Waals surface area contributed by atoms with Crippen molar-refractivity contribution in [1.29, 1.82) is 0 Å². The molecule has 31 heavy (non-hydrogen) atoms. The highest BCUT2D eigenvalue weighted by Gasteiger charge is 2.36. The maximum absolute atomic E-state index is 13.8. The molecule has 1 N–H and O–H groups in total. The van der Waals surface area contributed by atoms with Crippen LogP contribution in [0.15, 0.2) is 54.9 Å². The predicted octanol–water partition coefficient (Wildman–Crippen LogP) is 4.21. The van der Waals surface area contributed by atoms with E-state index in [-0.39, 0.29) is 11.9 Å². The molecule has 0 radical (unpaired) electrons. The van der Waals surface area contributed by atoms with E-state index < -0.39 is 0 Å². The number of aromatic nitrogens is 5. The van der Waals surface area contributed by atoms with Crippen molar-refractivity contribution in [3.63, 3.8) is 0 Å². The summed E-state index contributed by atoms with van der Waals surface area (Å²) in [5.41, 5.74) is 7.49. The van der Waals surface area contributed by atoms with E-state index in [0.29, 0.717) is 24.2 Å². The van der Waals surface area contributed by atoms with E-state index in [2.05, 4.69) is 47.7 Å². The fourth-order valence-corrected chi connectivity index (χ4v) is 4.40. The normalized spacial score (nSPS) is 16.4. The molecule has 1 saturated heterocycles. The summed E-state index contributed by atoms with van der Waals surface area (Å²) in [4.78, 5) is 25.4. The third-order valence-electron chi connectivity index (χ3n) is 5.79. The number of carbonyl (C=O) groups is 1. The molecule has 0 spiro atoms. The third-order valence-corrected chi connectivity index (χ3v) is 5.79. The van der Waals surface area contributed by atoms with Crippen LogP contribution in [0.25, 0.3) is 16.7 Å². The Bertz CT molecular complexity index is 1320. The molecule has 5 rings (SSSR count). The molecule has 2 aromatic heterocycles. The van der Waals surface area contributed by atoms with Gasteiger partial charge in [-0.25, -0.2) is 4.98 Å². The molecule has 0 saturated carbocycles. The fraction of sp³-hybridized carbons (Fsp3) is 0.250. The standard InChI is InChI=1S/C24H24N6O/c1-14-5-6-20(30-25-7-8-26-30)18(10-14)24(31)29-13-16(3)12-21(29)23-27-19-11-15(2)9-17(4)22(19)28-23/h5-11,21H,3,12-13H2,1-2,4H3,(H,27,28). The number of aryl methyl sites for hydroxylation is 3. The highest BCUT2D eigenvalue weighted by atomic mass is 16.2. The number of carbonyl (C=O) groups excluding carboxylic acids is 1. The summed E-state index contributed by atoms with van der Waals surface area (Å²) in [6.45, 7) is 10.8. The average molecular weight is 412 g/mol. The van der Waals surface area contributed by atoms with Crippen molar-refractivity contribution >= 4 is 16.9 Å². The molecule has 1 aliphatic rings. The number of aromatic amines is 1. The number of hydrogen-bond donors (Lipinski definition) is 1. The highest BCUT2D eigenvalue weighted by Crippen LogP contribution is 2.36. The Labute approximate surface area is 180 Å². The van der Waals surface area contributed by atoms with Gasteiger partial charge in [-0.2, -0.15) is 15.0 Å². The van der Waals surface area contributed by atoms with Crippen molar-refractivity contribution in [1.82, 2.24) is 29.9 Å². The summed E-state index contributed by atoms with van der Waals surface area (Å²) < 4.78 is 0. The Morgan fingerprint density at radius 3 is 2.65 bits per heavy atom. The Morgan fingerprint density at radius 2 is 1.87 bits per heavy atom. The van der Waals surface area contributed by atoms with E-state index in [1.807, 2.05) is 30.0 Å². The minimum absolute atomic E-state index is 0.0759. The number of likely N-dealkylation sites (tertiary alicyclic amines) is 1. The number of hydrogen-bond acceptors (Lipinski definition) is 4. The van der Waals surface area contributed by atoms with Crippen LogP contribution in [0.1, 0.15) is 45.3 Å². The number of rotatable bonds is 3. The van der Waals surface area contributed by atoms with Gasteiger partial charge in [0, 0.05) is 6.54 Å². The van der Waals surface area contributed by atoms with E-state index in [9.17, 15) is 4.79 Å². The molecule has 156 valence electrons. The lowest BCUT2D eigenvalue weighted by Crippen LogP contribution is -2.32. The number of nitrogens with one attached hydrogen (secondary N) is 1. The van der Waals surface area contributed by atoms with Gasteiger partial charge in [-0.15, -0.1) is 0 Å². The topological polar surface area (TPSA) is 79.7 Å². The Balaban J connectivity index is 1.57. The fourth-order valence-electron chi connectivity index (χ4n) is 4.40. The lowest BCUT2D eigenvalue weighted by atomic mass is 10.1. The molecular weight excluding hydrogens is 388 g/mol. The van der Waals surface area contributed by atoms with Crippen LogP contribution >= 0.6 is 0 Å². The number of nitrogens with zero attached hydrogens (tertiary/aromatic N) is 5. The van der Waals surface area contributed by atoms with Crippen molar-refractivity contribution in [2.75, 3.05) is 6.54 Å². The molecular formula is C24H24N6O. The van der Waals surface area contributed by atoms with Crippen molar-refractivity contribution in [3.05, 3.63) is 83.0 Å². The van der Waals surface area contributed by atoms with Crippen LogP contribution in [-0.2, 0) is 0 Å². The first-order valence-electron chi connectivity index (χ1n) is 10.3. The van der Waals surface area contributed by atoms with Gasteiger partial charge in [-0.3, -0.25) is 4.79 Å². The smallest absolute Gasteiger partial charge is 0.257 e. The number of benzene rings is 2. The van der Waals surface area contributed by atoms with Gasteiger partial charge in [0.25, 0.3) is 5.91 Å². The molecule has 1 atom stereocenters. The van der Waals surface area contributed by atoms with Crippen LogP contribution in [0.2, 0.25) is 0 Å². The van der Waals surface area contributed by atoms with Crippen LogP contribution in [0.5, 0.6) is 0 Å². The molecule has 1 unspecified atom stereocenters. The second-order valence-electron chi connectivity index (χ2n) is 8.34. The predicted molar refractivity (Wildman–Crippen MR) is 119 cm³/mol. The van der Waals surface area contributed by atoms with Gasteiger partial charge in [0.1, 0.15) is 5.82 Å². The zero-order chi connectivity index (χ0) is 21.7. The first-order chi connectivity index (χ1) is 14.9. The zero-order valence-electron chi connectivity index (χ0n) is 17.9. The number of imidazole rings is 1. The van der Waals surface area contributed by atoms with Gasteiger partial charge < -0.3 is 9.88 Å². The molecule has 2 aromatic carbocycles. The largest absolute Gasteiger partial charge is 0.340 e. The first-order valence-corrected chi connectivity index (χ1v) is 10.3. The van der Waals surface area contributed by atoms with Gasteiger partial charge in [0.2, 0.25) is 0 Å². The van der Waals surface area contributed by atoms with Crippen molar-refractivity contribution in [2.24, 2.45) is 0 Å². The Morgan fingerprint density at radius 1 is 1.10 bits per heavy atom. The van der Waals surface area contributed by atoms with Crippen LogP contribution < -0.4 is 0 Å². The summed E-state index contributed by atoms with van der Waals surface area (Å²) in [5.74, 6) is 0.718. The lowest BCUT2D eigenvalue weighted by molar-refractivity contribution is 0.0732. The molecule has 0 aliphatic carbocycles. The summed E-state index contributed by atoms with van der Waals surface area (Å²) in [6.07, 6.45) is 3.89. The van der Waals surface area contributed by atoms with Gasteiger partial charge in [0.05, 0.1) is 40.7 Å². The van der Waals surface area contributed by atoms with Crippen LogP contribution in [-0.4, -0.2) is 42.3 Å². The van der Waals surface area contributed by atoms with Gasteiger partial charge >= 0.3 is 0 Å². The molecule has 0 bridgehead atoms. The minimum Gasteiger partial charge on any atom is -0.340 e. The van der Waals surface area contributed by atoms with Gasteiger partial charge in [-0.1, -0.05) is 29.8 Å². The van der Waals surface area contributed by atoms with E-state index >= 15 is 0 Å². The second-order valence-corrected chi connectivity index (χ2v) is 8.34. The Hall–Kier alpha value is -3.74. The van der Waals surface area contributed by atoms with Crippen molar-refractivity contribution in [3.8, 4) is 5.69 Å². The maximum atomic E-state index is 13.8. The Kier molecular flexibility index (Phi) is 4.46. The van der Waals surface area contributed by atoms with E-state index in [0.717, 1.165) is 33.6 Å². The van der Waals surface area contributed by atoms with Gasteiger partial charge in [0.15, 0.2) is 0 Å².